The maximum Gasteiger partial charge on any atom is 0.258 e. The van der Waals surface area contributed by atoms with Crippen molar-refractivity contribution in [1.29, 1.82) is 0 Å². The first-order valence-corrected chi connectivity index (χ1v) is 6.00. The van der Waals surface area contributed by atoms with E-state index in [0.29, 0.717) is 5.56 Å². The first-order chi connectivity index (χ1) is 8.83. The number of H-pyrrole nitrogens is 1. The largest absolute Gasteiger partial charge is 0.385 e. The summed E-state index contributed by atoms with van der Waals surface area (Å²) in [6.45, 7) is 1.02. The molecule has 5 nitrogen and oxygen atoms in total. The molecule has 0 saturated heterocycles. The number of nitrogens with zero attached hydrogens (tertiary/aromatic N) is 1. The van der Waals surface area contributed by atoms with Crippen molar-refractivity contribution < 1.29 is 4.79 Å². The Hall–Kier alpha value is -2.30. The Morgan fingerprint density at radius 1 is 1.39 bits per heavy atom. The van der Waals surface area contributed by atoms with Crippen LogP contribution in [0.2, 0.25) is 0 Å². The minimum atomic E-state index is -0.146. The minimum Gasteiger partial charge on any atom is -0.385 e. The van der Waals surface area contributed by atoms with E-state index >= 15 is 0 Å². The van der Waals surface area contributed by atoms with Crippen LogP contribution in [0, 0.1) is 0 Å². The van der Waals surface area contributed by atoms with Gasteiger partial charge in [-0.3, -0.25) is 9.89 Å². The molecular formula is C13H14N4O. The van der Waals surface area contributed by atoms with Gasteiger partial charge >= 0.3 is 0 Å². The van der Waals surface area contributed by atoms with E-state index in [2.05, 4.69) is 20.8 Å². The Kier molecular flexibility index (Phi) is 2.72. The SMILES string of the molecule is O=C(Nc1ccc2c(c1)CCCN2)c1cn[nH]c1. The molecule has 0 atom stereocenters. The summed E-state index contributed by atoms with van der Waals surface area (Å²) >= 11 is 0. The fourth-order valence-corrected chi connectivity index (χ4v) is 2.13. The van der Waals surface area contributed by atoms with Crippen LogP contribution in [0.25, 0.3) is 0 Å². The number of fused-ring (bicyclic) bond motifs is 1. The predicted molar refractivity (Wildman–Crippen MR) is 69.8 cm³/mol. The highest BCUT2D eigenvalue weighted by atomic mass is 16.1. The third-order valence-electron chi connectivity index (χ3n) is 3.06. The number of hydrogen-bond donors (Lipinski definition) is 3. The molecule has 0 unspecified atom stereocenters. The molecular weight excluding hydrogens is 228 g/mol. The standard InChI is InChI=1S/C13H14N4O/c18-13(10-7-15-16-8-10)17-11-3-4-12-9(6-11)2-1-5-14-12/h3-4,6-8,14H,1-2,5H2,(H,15,16)(H,17,18). The molecule has 0 aliphatic carbocycles. The highest BCUT2D eigenvalue weighted by molar-refractivity contribution is 6.04. The Morgan fingerprint density at radius 3 is 3.17 bits per heavy atom. The maximum absolute atomic E-state index is 11.9. The van der Waals surface area contributed by atoms with Gasteiger partial charge in [0.2, 0.25) is 0 Å². The molecule has 1 aromatic carbocycles. The molecule has 3 N–H and O–H groups in total. The van der Waals surface area contributed by atoms with E-state index in [1.165, 1.54) is 17.4 Å². The number of anilines is 2. The average Bonchev–Trinajstić information content (AvgIpc) is 2.92. The van der Waals surface area contributed by atoms with E-state index in [1.807, 2.05) is 18.2 Å². The first kappa shape index (κ1) is 10.8. The number of aromatic nitrogens is 2. The normalized spacial score (nSPS) is 13.6. The van der Waals surface area contributed by atoms with Gasteiger partial charge in [-0.2, -0.15) is 5.10 Å². The van der Waals surface area contributed by atoms with Crippen molar-refractivity contribution in [2.24, 2.45) is 0 Å². The molecule has 1 aromatic heterocycles. The molecule has 0 bridgehead atoms. The average molecular weight is 242 g/mol. The van der Waals surface area contributed by atoms with E-state index in [4.69, 9.17) is 0 Å². The minimum absolute atomic E-state index is 0.146. The maximum atomic E-state index is 11.9. The monoisotopic (exact) mass is 242 g/mol. The highest BCUT2D eigenvalue weighted by Crippen LogP contribution is 2.25. The Bertz CT molecular complexity index is 562. The fraction of sp³-hybridized carbons (Fsp3) is 0.231. The summed E-state index contributed by atoms with van der Waals surface area (Å²) in [4.78, 5) is 11.9. The molecule has 92 valence electrons. The van der Waals surface area contributed by atoms with Gasteiger partial charge in [0.25, 0.3) is 5.91 Å². The second-order valence-corrected chi connectivity index (χ2v) is 4.34. The lowest BCUT2D eigenvalue weighted by Gasteiger charge is -2.18. The highest BCUT2D eigenvalue weighted by Gasteiger charge is 2.11. The molecule has 1 aliphatic heterocycles. The lowest BCUT2D eigenvalue weighted by molar-refractivity contribution is 0.102. The number of amides is 1. The fourth-order valence-electron chi connectivity index (χ4n) is 2.13. The smallest absolute Gasteiger partial charge is 0.258 e. The van der Waals surface area contributed by atoms with Gasteiger partial charge in [0, 0.05) is 24.1 Å². The van der Waals surface area contributed by atoms with Gasteiger partial charge in [0.1, 0.15) is 0 Å². The third-order valence-corrected chi connectivity index (χ3v) is 3.06. The van der Waals surface area contributed by atoms with E-state index in [0.717, 1.165) is 25.1 Å². The molecule has 2 aromatic rings. The number of aromatic amines is 1. The summed E-state index contributed by atoms with van der Waals surface area (Å²) in [6.07, 6.45) is 5.27. The van der Waals surface area contributed by atoms with Crippen molar-refractivity contribution in [2.45, 2.75) is 12.8 Å². The second kappa shape index (κ2) is 4.52. The predicted octanol–water partition coefficient (Wildman–Crippen LogP) is 2.02. The zero-order chi connectivity index (χ0) is 12.4. The van der Waals surface area contributed by atoms with Crippen LogP contribution in [0.1, 0.15) is 22.3 Å². The summed E-state index contributed by atoms with van der Waals surface area (Å²) < 4.78 is 0. The Balaban J connectivity index is 1.79. The van der Waals surface area contributed by atoms with Crippen LogP contribution in [-0.2, 0) is 6.42 Å². The van der Waals surface area contributed by atoms with Crippen LogP contribution in [0.5, 0.6) is 0 Å². The molecule has 1 aliphatic rings. The van der Waals surface area contributed by atoms with Crippen molar-refractivity contribution in [2.75, 3.05) is 17.2 Å². The third kappa shape index (κ3) is 2.07. The summed E-state index contributed by atoms with van der Waals surface area (Å²) in [5, 5.41) is 12.6. The lowest BCUT2D eigenvalue weighted by atomic mass is 10.0. The zero-order valence-corrected chi connectivity index (χ0v) is 9.86. The van der Waals surface area contributed by atoms with Gasteiger partial charge in [-0.15, -0.1) is 0 Å². The molecule has 0 fully saturated rings. The van der Waals surface area contributed by atoms with E-state index in [-0.39, 0.29) is 5.91 Å². The topological polar surface area (TPSA) is 69.8 Å². The van der Waals surface area contributed by atoms with Gasteiger partial charge in [-0.1, -0.05) is 0 Å². The summed E-state index contributed by atoms with van der Waals surface area (Å²) in [5.41, 5.74) is 3.78. The summed E-state index contributed by atoms with van der Waals surface area (Å²) in [6, 6.07) is 5.95. The molecule has 0 spiro atoms. The first-order valence-electron chi connectivity index (χ1n) is 6.00. The van der Waals surface area contributed by atoms with Crippen molar-refractivity contribution >= 4 is 17.3 Å². The molecule has 0 radical (unpaired) electrons. The van der Waals surface area contributed by atoms with Crippen LogP contribution in [0.4, 0.5) is 11.4 Å². The summed E-state index contributed by atoms with van der Waals surface area (Å²) in [7, 11) is 0. The van der Waals surface area contributed by atoms with Gasteiger partial charge in [0.15, 0.2) is 0 Å². The number of benzene rings is 1. The van der Waals surface area contributed by atoms with Crippen molar-refractivity contribution in [3.05, 3.63) is 41.7 Å². The van der Waals surface area contributed by atoms with E-state index < -0.39 is 0 Å². The van der Waals surface area contributed by atoms with Crippen molar-refractivity contribution in [3.8, 4) is 0 Å². The number of rotatable bonds is 2. The van der Waals surface area contributed by atoms with Crippen molar-refractivity contribution in [1.82, 2.24) is 10.2 Å². The van der Waals surface area contributed by atoms with Crippen LogP contribution < -0.4 is 10.6 Å². The number of aryl methyl sites for hydroxylation is 1. The van der Waals surface area contributed by atoms with E-state index in [1.54, 1.807) is 6.20 Å². The number of hydrogen-bond acceptors (Lipinski definition) is 3. The van der Waals surface area contributed by atoms with E-state index in [9.17, 15) is 4.79 Å². The molecule has 1 amide bonds. The number of carbonyl (C=O) groups excluding carboxylic acids is 1. The van der Waals surface area contributed by atoms with Gasteiger partial charge in [0.05, 0.1) is 11.8 Å². The van der Waals surface area contributed by atoms with Gasteiger partial charge in [-0.05, 0) is 36.6 Å². The van der Waals surface area contributed by atoms with Crippen LogP contribution in [0.15, 0.2) is 30.6 Å². The van der Waals surface area contributed by atoms with Crippen LogP contribution >= 0.6 is 0 Å². The van der Waals surface area contributed by atoms with Gasteiger partial charge in [-0.25, -0.2) is 0 Å². The number of nitrogens with one attached hydrogen (secondary N) is 3. The summed E-state index contributed by atoms with van der Waals surface area (Å²) in [5.74, 6) is -0.146. The molecule has 2 heterocycles. The van der Waals surface area contributed by atoms with Crippen LogP contribution in [0.3, 0.4) is 0 Å². The molecule has 3 rings (SSSR count). The molecule has 0 saturated carbocycles. The zero-order valence-electron chi connectivity index (χ0n) is 9.86. The second-order valence-electron chi connectivity index (χ2n) is 4.34. The Labute approximate surface area is 105 Å². The molecule has 18 heavy (non-hydrogen) atoms. The van der Waals surface area contributed by atoms with Gasteiger partial charge < -0.3 is 10.6 Å². The molecule has 5 heteroatoms. The number of carbonyl (C=O) groups is 1. The quantitative estimate of drug-likeness (QED) is 0.754. The Morgan fingerprint density at radius 2 is 2.33 bits per heavy atom. The van der Waals surface area contributed by atoms with Crippen LogP contribution in [-0.4, -0.2) is 22.6 Å². The lowest BCUT2D eigenvalue weighted by Crippen LogP contribution is -2.14. The van der Waals surface area contributed by atoms with Crippen molar-refractivity contribution in [3.63, 3.8) is 0 Å².